The molecule has 0 rings (SSSR count). The lowest BCUT2D eigenvalue weighted by Gasteiger charge is -2.07. The van der Waals surface area contributed by atoms with Crippen LogP contribution in [0.5, 0.6) is 0 Å². The van der Waals surface area contributed by atoms with Crippen LogP contribution in [-0.2, 0) is 4.74 Å². The van der Waals surface area contributed by atoms with Crippen molar-refractivity contribution < 1.29 is 9.53 Å². The average molecular weight is 538 g/mol. The van der Waals surface area contributed by atoms with E-state index in [0.717, 1.165) is 19.4 Å². The quantitative estimate of drug-likeness (QED) is 0.0866. The van der Waals surface area contributed by atoms with Crippen molar-refractivity contribution in [3.05, 3.63) is 0 Å². The van der Waals surface area contributed by atoms with E-state index in [1.54, 1.807) is 0 Å². The minimum Gasteiger partial charge on any atom is -0.450 e. The molecule has 0 radical (unpaired) electrons. The molecular formula is C35H71NO2. The molecule has 0 saturated carbocycles. The molecule has 0 aliphatic heterocycles. The molecular weight excluding hydrogens is 466 g/mol. The van der Waals surface area contributed by atoms with Gasteiger partial charge < -0.3 is 10.1 Å². The first-order valence-electron chi connectivity index (χ1n) is 17.7. The van der Waals surface area contributed by atoms with Gasteiger partial charge in [-0.15, -0.1) is 0 Å². The van der Waals surface area contributed by atoms with Crippen LogP contribution in [0.3, 0.4) is 0 Å². The highest BCUT2D eigenvalue weighted by molar-refractivity contribution is 5.66. The molecule has 0 aliphatic rings. The van der Waals surface area contributed by atoms with Crippen molar-refractivity contribution >= 4 is 6.09 Å². The highest BCUT2D eigenvalue weighted by Gasteiger charge is 2.01. The summed E-state index contributed by atoms with van der Waals surface area (Å²) in [6, 6.07) is 0. The van der Waals surface area contributed by atoms with E-state index in [-0.39, 0.29) is 6.09 Å². The third kappa shape index (κ3) is 33.3. The highest BCUT2D eigenvalue weighted by atomic mass is 16.5. The molecule has 1 N–H and O–H groups in total. The summed E-state index contributed by atoms with van der Waals surface area (Å²) >= 11 is 0. The van der Waals surface area contributed by atoms with Crippen LogP contribution >= 0.6 is 0 Å². The SMILES string of the molecule is CCCCCCCCCCCCCCCCCCNC(=O)OCCCCCCCCCCCCCCCC. The van der Waals surface area contributed by atoms with Gasteiger partial charge in [0, 0.05) is 6.54 Å². The molecule has 0 aromatic rings. The van der Waals surface area contributed by atoms with E-state index in [1.807, 2.05) is 0 Å². The lowest BCUT2D eigenvalue weighted by atomic mass is 10.0. The summed E-state index contributed by atoms with van der Waals surface area (Å²) in [5, 5.41) is 2.92. The fourth-order valence-corrected chi connectivity index (χ4v) is 5.38. The Hall–Kier alpha value is -0.730. The van der Waals surface area contributed by atoms with Crippen LogP contribution in [0.4, 0.5) is 4.79 Å². The molecule has 0 aliphatic carbocycles. The maximum absolute atomic E-state index is 11.8. The lowest BCUT2D eigenvalue weighted by molar-refractivity contribution is 0.143. The zero-order valence-electron chi connectivity index (χ0n) is 26.4. The summed E-state index contributed by atoms with van der Waals surface area (Å²) in [5.74, 6) is 0. The van der Waals surface area contributed by atoms with Gasteiger partial charge in [0.05, 0.1) is 6.61 Å². The number of amides is 1. The van der Waals surface area contributed by atoms with Gasteiger partial charge in [0.2, 0.25) is 0 Å². The van der Waals surface area contributed by atoms with Gasteiger partial charge in [0.15, 0.2) is 0 Å². The summed E-state index contributed by atoms with van der Waals surface area (Å²) < 4.78 is 5.33. The highest BCUT2D eigenvalue weighted by Crippen LogP contribution is 2.14. The first-order chi connectivity index (χ1) is 18.8. The van der Waals surface area contributed by atoms with Gasteiger partial charge in [0.1, 0.15) is 0 Å². The largest absolute Gasteiger partial charge is 0.450 e. The predicted octanol–water partition coefficient (Wildman–Crippen LogP) is 12.5. The van der Waals surface area contributed by atoms with Gasteiger partial charge in [0.25, 0.3) is 0 Å². The lowest BCUT2D eigenvalue weighted by Crippen LogP contribution is -2.25. The Morgan fingerprint density at radius 1 is 0.395 bits per heavy atom. The first kappa shape index (κ1) is 37.3. The Kier molecular flexibility index (Phi) is 33.6. The number of alkyl carbamates (subject to hydrolysis) is 1. The number of ether oxygens (including phenoxy) is 1. The number of unbranched alkanes of at least 4 members (excludes halogenated alkanes) is 28. The third-order valence-electron chi connectivity index (χ3n) is 8.03. The van der Waals surface area contributed by atoms with E-state index in [2.05, 4.69) is 19.2 Å². The molecule has 1 amide bonds. The minimum absolute atomic E-state index is 0.222. The van der Waals surface area contributed by atoms with E-state index >= 15 is 0 Å². The Balaban J connectivity index is 3.14. The second kappa shape index (κ2) is 34.3. The van der Waals surface area contributed by atoms with E-state index in [9.17, 15) is 4.79 Å². The smallest absolute Gasteiger partial charge is 0.407 e. The summed E-state index contributed by atoms with van der Waals surface area (Å²) in [5.41, 5.74) is 0. The molecule has 3 nitrogen and oxygen atoms in total. The van der Waals surface area contributed by atoms with E-state index in [4.69, 9.17) is 4.74 Å². The van der Waals surface area contributed by atoms with Gasteiger partial charge in [-0.2, -0.15) is 0 Å². The van der Waals surface area contributed by atoms with E-state index < -0.39 is 0 Å². The number of nitrogens with one attached hydrogen (secondary N) is 1. The van der Waals surface area contributed by atoms with Crippen LogP contribution in [-0.4, -0.2) is 19.2 Å². The Labute approximate surface area is 240 Å². The van der Waals surface area contributed by atoms with Crippen molar-refractivity contribution in [1.82, 2.24) is 5.32 Å². The molecule has 0 aromatic carbocycles. The topological polar surface area (TPSA) is 38.3 Å². The number of carbonyl (C=O) groups excluding carboxylic acids is 1. The average Bonchev–Trinajstić information content (AvgIpc) is 2.92. The second-order valence-electron chi connectivity index (χ2n) is 12.0. The molecule has 3 heteroatoms. The summed E-state index contributed by atoms with van der Waals surface area (Å²) in [6.07, 6.45) is 40.7. The number of rotatable bonds is 32. The Bertz CT molecular complexity index is 440. The molecule has 0 bridgehead atoms. The van der Waals surface area contributed by atoms with Crippen molar-refractivity contribution in [2.24, 2.45) is 0 Å². The third-order valence-corrected chi connectivity index (χ3v) is 8.03. The molecule has 0 atom stereocenters. The van der Waals surface area contributed by atoms with Crippen molar-refractivity contribution in [2.75, 3.05) is 13.2 Å². The Morgan fingerprint density at radius 3 is 0.974 bits per heavy atom. The molecule has 0 spiro atoms. The Morgan fingerprint density at radius 2 is 0.658 bits per heavy atom. The number of carbonyl (C=O) groups is 1. The van der Waals surface area contributed by atoms with Gasteiger partial charge in [-0.1, -0.05) is 194 Å². The molecule has 228 valence electrons. The van der Waals surface area contributed by atoms with Gasteiger partial charge in [-0.3, -0.25) is 0 Å². The first-order valence-corrected chi connectivity index (χ1v) is 17.7. The molecule has 38 heavy (non-hydrogen) atoms. The van der Waals surface area contributed by atoms with Crippen LogP contribution in [0.15, 0.2) is 0 Å². The maximum Gasteiger partial charge on any atom is 0.407 e. The normalized spacial score (nSPS) is 11.2. The van der Waals surface area contributed by atoms with Crippen LogP contribution in [0.25, 0.3) is 0 Å². The van der Waals surface area contributed by atoms with Gasteiger partial charge >= 0.3 is 6.09 Å². The van der Waals surface area contributed by atoms with E-state index in [0.29, 0.717) is 6.61 Å². The van der Waals surface area contributed by atoms with Crippen molar-refractivity contribution in [3.63, 3.8) is 0 Å². The maximum atomic E-state index is 11.8. The predicted molar refractivity (Wildman–Crippen MR) is 169 cm³/mol. The minimum atomic E-state index is -0.222. The fourth-order valence-electron chi connectivity index (χ4n) is 5.38. The molecule has 0 heterocycles. The van der Waals surface area contributed by atoms with Crippen molar-refractivity contribution in [1.29, 1.82) is 0 Å². The zero-order chi connectivity index (χ0) is 27.6. The van der Waals surface area contributed by atoms with Crippen LogP contribution in [0, 0.1) is 0 Å². The van der Waals surface area contributed by atoms with Gasteiger partial charge in [-0.05, 0) is 12.8 Å². The van der Waals surface area contributed by atoms with Gasteiger partial charge in [-0.25, -0.2) is 4.79 Å². The summed E-state index contributed by atoms with van der Waals surface area (Å²) in [4.78, 5) is 11.8. The second-order valence-corrected chi connectivity index (χ2v) is 12.0. The van der Waals surface area contributed by atoms with Crippen molar-refractivity contribution in [3.8, 4) is 0 Å². The molecule has 0 unspecified atom stereocenters. The summed E-state index contributed by atoms with van der Waals surface area (Å²) in [6.45, 7) is 5.91. The zero-order valence-corrected chi connectivity index (χ0v) is 26.4. The van der Waals surface area contributed by atoms with E-state index in [1.165, 1.54) is 180 Å². The molecule has 0 aromatic heterocycles. The summed E-state index contributed by atoms with van der Waals surface area (Å²) in [7, 11) is 0. The standard InChI is InChI=1S/C35H71NO2/c1-3-5-7-9-11-13-15-17-19-20-21-23-25-27-29-31-33-36-35(37)38-34-32-30-28-26-24-22-18-16-14-12-10-8-6-4-2/h3-34H2,1-2H3,(H,36,37). The molecule has 0 saturated heterocycles. The van der Waals surface area contributed by atoms with Crippen LogP contribution < -0.4 is 5.32 Å². The monoisotopic (exact) mass is 538 g/mol. The van der Waals surface area contributed by atoms with Crippen LogP contribution in [0.1, 0.15) is 206 Å². The fraction of sp³-hybridized carbons (Fsp3) is 0.971. The number of hydrogen-bond donors (Lipinski definition) is 1. The number of hydrogen-bond acceptors (Lipinski definition) is 2. The van der Waals surface area contributed by atoms with Crippen molar-refractivity contribution in [2.45, 2.75) is 206 Å². The molecule has 0 fully saturated rings. The van der Waals surface area contributed by atoms with Crippen LogP contribution in [0.2, 0.25) is 0 Å².